The van der Waals surface area contributed by atoms with Crippen LogP contribution in [0.15, 0.2) is 29.6 Å². The number of amides is 1. The number of halogens is 2. The van der Waals surface area contributed by atoms with Gasteiger partial charge in [-0.1, -0.05) is 6.07 Å². The van der Waals surface area contributed by atoms with Crippen LogP contribution in [0.5, 0.6) is 0 Å². The van der Waals surface area contributed by atoms with E-state index in [0.29, 0.717) is 18.5 Å². The first kappa shape index (κ1) is 14.7. The molecule has 0 atom stereocenters. The topological polar surface area (TPSA) is 29.1 Å². The predicted octanol–water partition coefficient (Wildman–Crippen LogP) is 3.58. The molecule has 1 N–H and O–H groups in total. The number of hydrogen-bond donors (Lipinski definition) is 1. The fraction of sp³-hybridized carbons (Fsp3) is 0.267. The molecule has 1 heterocycles. The predicted molar refractivity (Wildman–Crippen MR) is 75.6 cm³/mol. The van der Waals surface area contributed by atoms with E-state index in [0.717, 1.165) is 22.6 Å². The van der Waals surface area contributed by atoms with Crippen molar-refractivity contribution in [1.29, 1.82) is 0 Å². The molecule has 0 saturated carbocycles. The van der Waals surface area contributed by atoms with Crippen molar-refractivity contribution < 1.29 is 13.6 Å². The van der Waals surface area contributed by atoms with E-state index in [2.05, 4.69) is 5.32 Å². The number of hydrogen-bond acceptors (Lipinski definition) is 2. The maximum atomic E-state index is 13.0. The van der Waals surface area contributed by atoms with Crippen LogP contribution in [0, 0.1) is 18.6 Å². The molecule has 2 rings (SSSR count). The lowest BCUT2D eigenvalue weighted by Crippen LogP contribution is -2.22. The van der Waals surface area contributed by atoms with E-state index >= 15 is 0 Å². The normalized spacial score (nSPS) is 10.6. The molecule has 0 aliphatic heterocycles. The van der Waals surface area contributed by atoms with Gasteiger partial charge >= 0.3 is 0 Å². The molecule has 5 heteroatoms. The lowest BCUT2D eigenvalue weighted by molar-refractivity contribution is -0.121. The summed E-state index contributed by atoms with van der Waals surface area (Å²) in [6.07, 6.45) is 0.655. The standard InChI is InChI=1S/C15H15F2NOS/c1-10-6-7-20-14(10)9-18-15(19)5-3-11-2-4-12(16)13(17)8-11/h2,4,6-8H,3,5,9H2,1H3,(H,18,19). The Morgan fingerprint density at radius 1 is 1.25 bits per heavy atom. The summed E-state index contributed by atoms with van der Waals surface area (Å²) in [7, 11) is 0. The van der Waals surface area contributed by atoms with Crippen LogP contribution >= 0.6 is 11.3 Å². The second kappa shape index (κ2) is 6.61. The van der Waals surface area contributed by atoms with E-state index in [1.165, 1.54) is 6.07 Å². The number of carbonyl (C=O) groups is 1. The maximum Gasteiger partial charge on any atom is 0.220 e. The Balaban J connectivity index is 1.80. The van der Waals surface area contributed by atoms with Crippen LogP contribution in [-0.4, -0.2) is 5.91 Å². The van der Waals surface area contributed by atoms with Crippen molar-refractivity contribution in [2.24, 2.45) is 0 Å². The molecule has 0 aliphatic carbocycles. The Labute approximate surface area is 120 Å². The van der Waals surface area contributed by atoms with Gasteiger partial charge in [-0.15, -0.1) is 11.3 Å². The second-order valence-corrected chi connectivity index (χ2v) is 5.55. The molecule has 1 aromatic heterocycles. The van der Waals surface area contributed by atoms with Crippen molar-refractivity contribution in [3.8, 4) is 0 Å². The van der Waals surface area contributed by atoms with Crippen molar-refractivity contribution >= 4 is 17.2 Å². The van der Waals surface area contributed by atoms with E-state index in [1.54, 1.807) is 11.3 Å². The summed E-state index contributed by atoms with van der Waals surface area (Å²) in [6.45, 7) is 2.51. The highest BCUT2D eigenvalue weighted by Gasteiger charge is 2.07. The molecule has 1 amide bonds. The fourth-order valence-corrected chi connectivity index (χ4v) is 2.65. The molecule has 20 heavy (non-hydrogen) atoms. The first-order chi connectivity index (χ1) is 9.56. The van der Waals surface area contributed by atoms with Gasteiger partial charge in [-0.25, -0.2) is 8.78 Å². The van der Waals surface area contributed by atoms with Gasteiger partial charge in [-0.3, -0.25) is 4.79 Å². The van der Waals surface area contributed by atoms with E-state index < -0.39 is 11.6 Å². The SMILES string of the molecule is Cc1ccsc1CNC(=O)CCc1ccc(F)c(F)c1. The largest absolute Gasteiger partial charge is 0.351 e. The monoisotopic (exact) mass is 295 g/mol. The third-order valence-corrected chi connectivity index (χ3v) is 4.06. The molecule has 0 bridgehead atoms. The highest BCUT2D eigenvalue weighted by Crippen LogP contribution is 2.15. The molecule has 0 aliphatic rings. The maximum absolute atomic E-state index is 13.0. The zero-order valence-electron chi connectivity index (χ0n) is 11.1. The average molecular weight is 295 g/mol. The van der Waals surface area contributed by atoms with Crippen LogP contribution in [0.1, 0.15) is 22.4 Å². The molecule has 0 spiro atoms. The van der Waals surface area contributed by atoms with Crippen LogP contribution in [0.4, 0.5) is 8.78 Å². The molecule has 0 fully saturated rings. The number of benzene rings is 1. The zero-order valence-corrected chi connectivity index (χ0v) is 11.9. The van der Waals surface area contributed by atoms with Crippen molar-refractivity contribution in [3.05, 3.63) is 57.3 Å². The average Bonchev–Trinajstić information content (AvgIpc) is 2.83. The van der Waals surface area contributed by atoms with Crippen LogP contribution in [0.3, 0.4) is 0 Å². The minimum Gasteiger partial charge on any atom is -0.351 e. The van der Waals surface area contributed by atoms with Gasteiger partial charge in [0.05, 0.1) is 6.54 Å². The van der Waals surface area contributed by atoms with Crippen LogP contribution in [-0.2, 0) is 17.8 Å². The zero-order chi connectivity index (χ0) is 14.5. The number of nitrogens with one attached hydrogen (secondary N) is 1. The second-order valence-electron chi connectivity index (χ2n) is 4.55. The van der Waals surface area contributed by atoms with E-state index in [4.69, 9.17) is 0 Å². The van der Waals surface area contributed by atoms with Gasteiger partial charge in [0.1, 0.15) is 0 Å². The van der Waals surface area contributed by atoms with Crippen molar-refractivity contribution in [2.45, 2.75) is 26.3 Å². The highest BCUT2D eigenvalue weighted by molar-refractivity contribution is 7.10. The highest BCUT2D eigenvalue weighted by atomic mass is 32.1. The lowest BCUT2D eigenvalue weighted by atomic mass is 10.1. The molecule has 106 valence electrons. The van der Waals surface area contributed by atoms with Gasteiger partial charge in [0.15, 0.2) is 11.6 Å². The minimum atomic E-state index is -0.878. The third kappa shape index (κ3) is 3.87. The molecular formula is C15H15F2NOS. The lowest BCUT2D eigenvalue weighted by Gasteiger charge is -2.05. The van der Waals surface area contributed by atoms with Crippen LogP contribution in [0.2, 0.25) is 0 Å². The van der Waals surface area contributed by atoms with Crippen LogP contribution < -0.4 is 5.32 Å². The number of carbonyl (C=O) groups excluding carboxylic acids is 1. The summed E-state index contributed by atoms with van der Waals surface area (Å²) in [5, 5.41) is 4.81. The van der Waals surface area contributed by atoms with Crippen LogP contribution in [0.25, 0.3) is 0 Å². The van der Waals surface area contributed by atoms with Gasteiger partial charge in [-0.2, -0.15) is 0 Å². The van der Waals surface area contributed by atoms with E-state index in [1.807, 2.05) is 18.4 Å². The van der Waals surface area contributed by atoms with Gasteiger partial charge in [0.2, 0.25) is 5.91 Å². The van der Waals surface area contributed by atoms with E-state index in [-0.39, 0.29) is 12.3 Å². The number of rotatable bonds is 5. The molecule has 0 unspecified atom stereocenters. The van der Waals surface area contributed by atoms with E-state index in [9.17, 15) is 13.6 Å². The van der Waals surface area contributed by atoms with Gasteiger partial charge in [0, 0.05) is 11.3 Å². The Bertz CT molecular complexity index is 610. The summed E-state index contributed by atoms with van der Waals surface area (Å²) in [4.78, 5) is 12.8. The Morgan fingerprint density at radius 3 is 2.70 bits per heavy atom. The fourth-order valence-electron chi connectivity index (χ4n) is 1.81. The summed E-state index contributed by atoms with van der Waals surface area (Å²) < 4.78 is 25.8. The molecule has 2 nitrogen and oxygen atoms in total. The molecular weight excluding hydrogens is 280 g/mol. The van der Waals surface area contributed by atoms with Crippen molar-refractivity contribution in [1.82, 2.24) is 5.32 Å². The summed E-state index contributed by atoms with van der Waals surface area (Å²) >= 11 is 1.60. The summed E-state index contributed by atoms with van der Waals surface area (Å²) in [5.74, 6) is -1.84. The van der Waals surface area contributed by atoms with Gasteiger partial charge in [-0.05, 0) is 48.1 Å². The number of aryl methyl sites for hydroxylation is 2. The summed E-state index contributed by atoms with van der Waals surface area (Å²) in [5.41, 5.74) is 1.78. The van der Waals surface area contributed by atoms with Crippen molar-refractivity contribution in [3.63, 3.8) is 0 Å². The van der Waals surface area contributed by atoms with Gasteiger partial charge < -0.3 is 5.32 Å². The Kier molecular flexibility index (Phi) is 4.84. The first-order valence-electron chi connectivity index (χ1n) is 6.30. The molecule has 0 saturated heterocycles. The first-order valence-corrected chi connectivity index (χ1v) is 7.18. The molecule has 2 aromatic rings. The van der Waals surface area contributed by atoms with Gasteiger partial charge in [0.25, 0.3) is 0 Å². The smallest absolute Gasteiger partial charge is 0.220 e. The number of thiophene rings is 1. The minimum absolute atomic E-state index is 0.0949. The molecule has 1 aromatic carbocycles. The molecule has 0 radical (unpaired) electrons. The Hall–Kier alpha value is -1.75. The summed E-state index contributed by atoms with van der Waals surface area (Å²) in [6, 6.07) is 5.71. The third-order valence-electron chi connectivity index (χ3n) is 3.04. The Morgan fingerprint density at radius 2 is 2.05 bits per heavy atom. The van der Waals surface area contributed by atoms with Crippen molar-refractivity contribution in [2.75, 3.05) is 0 Å². The quantitative estimate of drug-likeness (QED) is 0.897.